The normalized spacial score (nSPS) is 9.16. The van der Waals surface area contributed by atoms with E-state index in [4.69, 9.17) is 9.84 Å². The van der Waals surface area contributed by atoms with E-state index in [0.29, 0.717) is 11.5 Å². The first-order chi connectivity index (χ1) is 9.16. The van der Waals surface area contributed by atoms with Crippen LogP contribution >= 0.6 is 0 Å². The lowest BCUT2D eigenvalue weighted by Gasteiger charge is -2.06. The van der Waals surface area contributed by atoms with E-state index in [-0.39, 0.29) is 11.3 Å². The topological polar surface area (TPSA) is 66.8 Å². The molecule has 0 aromatic heterocycles. The standard InChI is InChI=1S/C13H10O4.C2H6/c14-12-8-10(6-7-11(12)13(15)16)17-9-4-2-1-3-5-9;1-2/h1-8,14H,(H,15,16);1-2H3. The van der Waals surface area contributed by atoms with Gasteiger partial charge in [0.05, 0.1) is 0 Å². The van der Waals surface area contributed by atoms with Gasteiger partial charge in [-0.05, 0) is 24.3 Å². The molecule has 0 bridgehead atoms. The lowest BCUT2D eigenvalue weighted by atomic mass is 10.2. The van der Waals surface area contributed by atoms with E-state index in [1.165, 1.54) is 18.2 Å². The first kappa shape index (κ1) is 14.6. The summed E-state index contributed by atoms with van der Waals surface area (Å²) in [7, 11) is 0. The number of rotatable bonds is 3. The molecule has 2 N–H and O–H groups in total. The summed E-state index contributed by atoms with van der Waals surface area (Å²) in [6.45, 7) is 4.00. The number of aromatic carboxylic acids is 1. The summed E-state index contributed by atoms with van der Waals surface area (Å²) >= 11 is 0. The van der Waals surface area contributed by atoms with Gasteiger partial charge in [-0.15, -0.1) is 0 Å². The van der Waals surface area contributed by atoms with Gasteiger partial charge in [0.2, 0.25) is 0 Å². The van der Waals surface area contributed by atoms with E-state index in [1.807, 2.05) is 32.0 Å². The van der Waals surface area contributed by atoms with Crippen LogP contribution in [-0.4, -0.2) is 16.2 Å². The van der Waals surface area contributed by atoms with Gasteiger partial charge >= 0.3 is 5.97 Å². The predicted molar refractivity (Wildman–Crippen MR) is 72.9 cm³/mol. The number of aromatic hydroxyl groups is 1. The number of para-hydroxylation sites is 1. The molecule has 0 amide bonds. The van der Waals surface area contributed by atoms with Crippen LogP contribution in [0.3, 0.4) is 0 Å². The fourth-order valence-electron chi connectivity index (χ4n) is 1.38. The zero-order chi connectivity index (χ0) is 14.3. The molecule has 0 aliphatic rings. The highest BCUT2D eigenvalue weighted by Crippen LogP contribution is 2.27. The Balaban J connectivity index is 0.000000861. The Bertz CT molecular complexity index is 535. The lowest BCUT2D eigenvalue weighted by Crippen LogP contribution is -1.96. The molecule has 0 fully saturated rings. The third kappa shape index (κ3) is 4.03. The molecule has 4 nitrogen and oxygen atoms in total. The smallest absolute Gasteiger partial charge is 0.339 e. The molecule has 2 rings (SSSR count). The van der Waals surface area contributed by atoms with E-state index < -0.39 is 5.97 Å². The molecule has 0 aliphatic carbocycles. The van der Waals surface area contributed by atoms with Crippen LogP contribution in [0, 0.1) is 0 Å². The van der Waals surface area contributed by atoms with Gasteiger partial charge in [-0.25, -0.2) is 4.79 Å². The lowest BCUT2D eigenvalue weighted by molar-refractivity contribution is 0.0693. The van der Waals surface area contributed by atoms with Crippen molar-refractivity contribution in [3.05, 3.63) is 54.1 Å². The van der Waals surface area contributed by atoms with E-state index in [1.54, 1.807) is 12.1 Å². The second-order valence-corrected chi connectivity index (χ2v) is 3.40. The molecule has 2 aromatic rings. The average molecular weight is 260 g/mol. The van der Waals surface area contributed by atoms with Gasteiger partial charge < -0.3 is 14.9 Å². The van der Waals surface area contributed by atoms with Gasteiger partial charge in [0, 0.05) is 6.07 Å². The van der Waals surface area contributed by atoms with Crippen LogP contribution in [0.5, 0.6) is 17.2 Å². The van der Waals surface area contributed by atoms with Crippen molar-refractivity contribution in [3.8, 4) is 17.2 Å². The number of carbonyl (C=O) groups is 1. The van der Waals surface area contributed by atoms with Crippen molar-refractivity contribution in [3.63, 3.8) is 0 Å². The van der Waals surface area contributed by atoms with Crippen LogP contribution in [0.1, 0.15) is 24.2 Å². The first-order valence-electron chi connectivity index (χ1n) is 5.96. The second kappa shape index (κ2) is 7.06. The molecule has 0 atom stereocenters. The molecule has 0 spiro atoms. The van der Waals surface area contributed by atoms with Crippen LogP contribution in [0.4, 0.5) is 0 Å². The number of benzene rings is 2. The molecule has 0 heterocycles. The highest BCUT2D eigenvalue weighted by Gasteiger charge is 2.10. The molecule has 0 aliphatic heterocycles. The Morgan fingerprint density at radius 1 is 1.00 bits per heavy atom. The highest BCUT2D eigenvalue weighted by atomic mass is 16.5. The zero-order valence-corrected chi connectivity index (χ0v) is 10.8. The molecule has 0 unspecified atom stereocenters. The van der Waals surface area contributed by atoms with Crippen molar-refractivity contribution >= 4 is 5.97 Å². The fraction of sp³-hybridized carbons (Fsp3) is 0.133. The number of hydrogen-bond acceptors (Lipinski definition) is 3. The number of carboxylic acids is 1. The molecule has 0 saturated heterocycles. The van der Waals surface area contributed by atoms with Crippen molar-refractivity contribution in [1.29, 1.82) is 0 Å². The minimum atomic E-state index is -1.17. The molecular weight excluding hydrogens is 244 g/mol. The Morgan fingerprint density at radius 3 is 2.16 bits per heavy atom. The quantitative estimate of drug-likeness (QED) is 0.878. The molecule has 0 radical (unpaired) electrons. The number of phenols is 1. The average Bonchev–Trinajstić information content (AvgIpc) is 2.42. The third-order valence-electron chi connectivity index (χ3n) is 2.18. The Morgan fingerprint density at radius 2 is 1.63 bits per heavy atom. The summed E-state index contributed by atoms with van der Waals surface area (Å²) in [5.41, 5.74) is -0.148. The van der Waals surface area contributed by atoms with Gasteiger partial charge in [-0.2, -0.15) is 0 Å². The van der Waals surface area contributed by atoms with E-state index in [2.05, 4.69) is 0 Å². The molecule has 2 aromatic carbocycles. The monoisotopic (exact) mass is 260 g/mol. The molecule has 0 saturated carbocycles. The summed E-state index contributed by atoms with van der Waals surface area (Å²) in [6.07, 6.45) is 0. The predicted octanol–water partition coefficient (Wildman–Crippen LogP) is 3.91. The number of ether oxygens (including phenoxy) is 1. The molecule has 100 valence electrons. The minimum absolute atomic E-state index is 0.148. The van der Waals surface area contributed by atoms with Crippen molar-refractivity contribution in [1.82, 2.24) is 0 Å². The summed E-state index contributed by atoms with van der Waals surface area (Å²) in [5.74, 6) is -0.478. The van der Waals surface area contributed by atoms with Crippen LogP contribution in [-0.2, 0) is 0 Å². The fourth-order valence-corrected chi connectivity index (χ4v) is 1.38. The van der Waals surface area contributed by atoms with Crippen molar-refractivity contribution in [2.45, 2.75) is 13.8 Å². The zero-order valence-electron chi connectivity index (χ0n) is 10.8. The minimum Gasteiger partial charge on any atom is -0.507 e. The Hall–Kier alpha value is -2.49. The number of carboxylic acid groups (broad SMARTS) is 1. The van der Waals surface area contributed by atoms with Crippen molar-refractivity contribution < 1.29 is 19.7 Å². The van der Waals surface area contributed by atoms with Crippen LogP contribution in [0.25, 0.3) is 0 Å². The summed E-state index contributed by atoms with van der Waals surface area (Å²) in [5, 5.41) is 18.2. The SMILES string of the molecule is CC.O=C(O)c1ccc(Oc2ccccc2)cc1O. The van der Waals surface area contributed by atoms with Gasteiger partial charge in [0.25, 0.3) is 0 Å². The van der Waals surface area contributed by atoms with Crippen molar-refractivity contribution in [2.24, 2.45) is 0 Å². The second-order valence-electron chi connectivity index (χ2n) is 3.40. The maximum Gasteiger partial charge on any atom is 0.339 e. The Kier molecular flexibility index (Phi) is 5.41. The van der Waals surface area contributed by atoms with Gasteiger partial charge in [0.15, 0.2) is 0 Å². The van der Waals surface area contributed by atoms with Gasteiger partial charge in [0.1, 0.15) is 22.8 Å². The summed E-state index contributed by atoms with van der Waals surface area (Å²) < 4.78 is 5.44. The van der Waals surface area contributed by atoms with E-state index >= 15 is 0 Å². The molecule has 19 heavy (non-hydrogen) atoms. The maximum absolute atomic E-state index is 10.7. The molecular formula is C15H16O4. The van der Waals surface area contributed by atoms with E-state index in [0.717, 1.165) is 0 Å². The van der Waals surface area contributed by atoms with Gasteiger partial charge in [-0.1, -0.05) is 32.0 Å². The largest absolute Gasteiger partial charge is 0.507 e. The maximum atomic E-state index is 10.7. The van der Waals surface area contributed by atoms with Crippen LogP contribution in [0.2, 0.25) is 0 Å². The molecule has 4 heteroatoms. The van der Waals surface area contributed by atoms with Gasteiger partial charge in [-0.3, -0.25) is 0 Å². The van der Waals surface area contributed by atoms with E-state index in [9.17, 15) is 9.90 Å². The summed E-state index contributed by atoms with van der Waals surface area (Å²) in [4.78, 5) is 10.7. The van der Waals surface area contributed by atoms with Crippen LogP contribution < -0.4 is 4.74 Å². The number of hydrogen-bond donors (Lipinski definition) is 2. The van der Waals surface area contributed by atoms with Crippen molar-refractivity contribution in [2.75, 3.05) is 0 Å². The highest BCUT2D eigenvalue weighted by molar-refractivity contribution is 5.90. The Labute approximate surface area is 111 Å². The summed E-state index contributed by atoms with van der Waals surface area (Å²) in [6, 6.07) is 13.1. The van der Waals surface area contributed by atoms with Crippen LogP contribution in [0.15, 0.2) is 48.5 Å². The first-order valence-corrected chi connectivity index (χ1v) is 5.96. The third-order valence-corrected chi connectivity index (χ3v) is 2.18.